The lowest BCUT2D eigenvalue weighted by molar-refractivity contribution is -0.159. The zero-order valence-corrected chi connectivity index (χ0v) is 23.0. The minimum Gasteiger partial charge on any atom is -0.480 e. The van der Waals surface area contributed by atoms with Crippen molar-refractivity contribution >= 4 is 17.8 Å². The third-order valence-electron chi connectivity index (χ3n) is 7.94. The molecule has 6 heteroatoms. The number of hydrogen-bond donors (Lipinski definition) is 1. The maximum atomic E-state index is 14.3. The Morgan fingerprint density at radius 3 is 1.27 bits per heavy atom. The number of benzene rings is 4. The fourth-order valence-electron chi connectivity index (χ4n) is 5.83. The second-order valence-electron chi connectivity index (χ2n) is 10.4. The van der Waals surface area contributed by atoms with E-state index >= 15 is 0 Å². The molecule has 6 nitrogen and oxygen atoms in total. The van der Waals surface area contributed by atoms with Crippen molar-refractivity contribution in [1.82, 2.24) is 9.80 Å². The highest BCUT2D eigenvalue weighted by atomic mass is 16.4. The summed E-state index contributed by atoms with van der Waals surface area (Å²) < 4.78 is 0. The zero-order chi connectivity index (χ0) is 28.8. The van der Waals surface area contributed by atoms with Crippen LogP contribution in [0.25, 0.3) is 0 Å². The van der Waals surface area contributed by atoms with Gasteiger partial charge in [-0.25, -0.2) is 4.79 Å². The van der Waals surface area contributed by atoms with Gasteiger partial charge in [0.05, 0.1) is 18.4 Å². The second kappa shape index (κ2) is 12.6. The molecule has 4 aromatic carbocycles. The fraction of sp³-hybridized carbons (Fsp3) is 0.229. The van der Waals surface area contributed by atoms with Gasteiger partial charge in [0.15, 0.2) is 0 Å². The number of nitrogens with zero attached hydrogens (tertiary/aromatic N) is 2. The second-order valence-corrected chi connectivity index (χ2v) is 10.4. The maximum absolute atomic E-state index is 14.3. The summed E-state index contributed by atoms with van der Waals surface area (Å²) in [6.07, 6.45) is 0.583. The number of piperazine rings is 1. The predicted octanol–water partition coefficient (Wildman–Crippen LogP) is 5.55. The Kier molecular flexibility index (Phi) is 8.59. The summed E-state index contributed by atoms with van der Waals surface area (Å²) in [5.74, 6) is -2.79. The third kappa shape index (κ3) is 5.92. The molecule has 0 bridgehead atoms. The van der Waals surface area contributed by atoms with Gasteiger partial charge < -0.3 is 14.9 Å². The van der Waals surface area contributed by atoms with E-state index in [1.165, 1.54) is 4.90 Å². The summed E-state index contributed by atoms with van der Waals surface area (Å²) in [4.78, 5) is 44.5. The highest BCUT2D eigenvalue weighted by Crippen LogP contribution is 2.33. The number of carboxylic acids is 1. The number of rotatable bonds is 8. The van der Waals surface area contributed by atoms with E-state index in [0.717, 1.165) is 22.3 Å². The molecule has 5 rings (SSSR count). The molecule has 1 aliphatic heterocycles. The number of amides is 2. The monoisotopic (exact) mass is 546 g/mol. The Labute approximate surface area is 240 Å². The molecule has 0 aliphatic carbocycles. The van der Waals surface area contributed by atoms with Gasteiger partial charge in [0.25, 0.3) is 0 Å². The lowest BCUT2D eigenvalue weighted by Crippen LogP contribution is -2.64. The normalized spacial score (nSPS) is 17.0. The summed E-state index contributed by atoms with van der Waals surface area (Å²) in [7, 11) is 0. The van der Waals surface area contributed by atoms with E-state index in [0.29, 0.717) is 6.42 Å². The molecule has 0 saturated carbocycles. The van der Waals surface area contributed by atoms with Crippen molar-refractivity contribution < 1.29 is 19.5 Å². The molecular formula is C35H34N2O4. The minimum atomic E-state index is -1.17. The summed E-state index contributed by atoms with van der Waals surface area (Å²) in [5.41, 5.74) is 3.29. The van der Waals surface area contributed by atoms with E-state index in [9.17, 15) is 19.5 Å². The molecule has 208 valence electrons. The molecule has 1 saturated heterocycles. The molecule has 0 spiro atoms. The SMILES string of the molecule is CC[C@H]1CN(C(=O)C(c2ccccc2)c2ccccc2)[C@H](C(=O)O)CN1C(=O)C(c1ccccc1)c1ccccc1. The van der Waals surface area contributed by atoms with Gasteiger partial charge in [-0.1, -0.05) is 128 Å². The van der Waals surface area contributed by atoms with E-state index in [-0.39, 0.29) is 30.9 Å². The average molecular weight is 547 g/mol. The van der Waals surface area contributed by atoms with Gasteiger partial charge >= 0.3 is 5.97 Å². The largest absolute Gasteiger partial charge is 0.480 e. The molecule has 1 heterocycles. The van der Waals surface area contributed by atoms with Crippen LogP contribution < -0.4 is 0 Å². The molecule has 0 radical (unpaired) electrons. The van der Waals surface area contributed by atoms with Gasteiger partial charge in [-0.05, 0) is 28.7 Å². The van der Waals surface area contributed by atoms with E-state index < -0.39 is 23.8 Å². The lowest BCUT2D eigenvalue weighted by Gasteiger charge is -2.46. The molecule has 41 heavy (non-hydrogen) atoms. The lowest BCUT2D eigenvalue weighted by atomic mass is 9.87. The van der Waals surface area contributed by atoms with Crippen molar-refractivity contribution in [2.45, 2.75) is 37.3 Å². The van der Waals surface area contributed by atoms with Crippen molar-refractivity contribution in [2.24, 2.45) is 0 Å². The number of carboxylic acid groups (broad SMARTS) is 1. The van der Waals surface area contributed by atoms with Gasteiger partial charge in [0.2, 0.25) is 11.8 Å². The van der Waals surface area contributed by atoms with Gasteiger partial charge in [-0.2, -0.15) is 0 Å². The van der Waals surface area contributed by atoms with E-state index in [4.69, 9.17) is 0 Å². The molecule has 0 unspecified atom stereocenters. The van der Waals surface area contributed by atoms with Crippen molar-refractivity contribution in [3.63, 3.8) is 0 Å². The van der Waals surface area contributed by atoms with Crippen LogP contribution in [0.4, 0.5) is 0 Å². The van der Waals surface area contributed by atoms with E-state index in [1.54, 1.807) is 4.90 Å². The maximum Gasteiger partial charge on any atom is 0.328 e. The number of carbonyl (C=O) groups is 3. The van der Waals surface area contributed by atoms with Crippen LogP contribution in [0.2, 0.25) is 0 Å². The Bertz CT molecular complexity index is 1380. The quantitative estimate of drug-likeness (QED) is 0.314. The molecule has 4 aromatic rings. The standard InChI is InChI=1S/C35H34N2O4/c1-2-29-23-37(34(39)32(27-19-11-5-12-20-27)28-21-13-6-14-22-28)30(35(40)41)24-36(29)33(38)31(25-15-7-3-8-16-25)26-17-9-4-10-18-26/h3-22,29-32H,2,23-24H2,1H3,(H,40,41)/t29-,30-/m0/s1. The Balaban J connectivity index is 1.50. The first-order valence-electron chi connectivity index (χ1n) is 14.0. The smallest absolute Gasteiger partial charge is 0.328 e. The topological polar surface area (TPSA) is 77.9 Å². The van der Waals surface area contributed by atoms with E-state index in [2.05, 4.69) is 0 Å². The Morgan fingerprint density at radius 1 is 0.610 bits per heavy atom. The van der Waals surface area contributed by atoms with Crippen molar-refractivity contribution in [2.75, 3.05) is 13.1 Å². The first-order chi connectivity index (χ1) is 20.0. The van der Waals surface area contributed by atoms with Gasteiger partial charge in [-0.15, -0.1) is 0 Å². The Hall–Kier alpha value is -4.71. The molecule has 1 N–H and O–H groups in total. The summed E-state index contributed by atoms with van der Waals surface area (Å²) in [6.45, 7) is 2.04. The highest BCUT2D eigenvalue weighted by molar-refractivity contribution is 5.93. The number of aliphatic carboxylic acids is 1. The number of hydrogen-bond acceptors (Lipinski definition) is 3. The van der Waals surface area contributed by atoms with Crippen molar-refractivity contribution in [3.8, 4) is 0 Å². The first-order valence-corrected chi connectivity index (χ1v) is 14.0. The summed E-state index contributed by atoms with van der Waals surface area (Å²) >= 11 is 0. The van der Waals surface area contributed by atoms with Crippen LogP contribution in [0, 0.1) is 0 Å². The van der Waals surface area contributed by atoms with Crippen LogP contribution in [0.5, 0.6) is 0 Å². The van der Waals surface area contributed by atoms with Crippen molar-refractivity contribution in [3.05, 3.63) is 144 Å². The molecule has 1 fully saturated rings. The molecule has 1 aliphatic rings. The van der Waals surface area contributed by atoms with Crippen LogP contribution in [-0.2, 0) is 14.4 Å². The first kappa shape index (κ1) is 27.8. The van der Waals surface area contributed by atoms with E-state index in [1.807, 2.05) is 128 Å². The summed E-state index contributed by atoms with van der Waals surface area (Å²) in [5, 5.41) is 10.4. The van der Waals surface area contributed by atoms with Crippen molar-refractivity contribution in [1.29, 1.82) is 0 Å². The fourth-order valence-corrected chi connectivity index (χ4v) is 5.83. The third-order valence-corrected chi connectivity index (χ3v) is 7.94. The minimum absolute atomic E-state index is 0.0785. The van der Waals surface area contributed by atoms with Crippen LogP contribution >= 0.6 is 0 Å². The molecule has 0 aromatic heterocycles. The van der Waals surface area contributed by atoms with Crippen LogP contribution in [0.15, 0.2) is 121 Å². The van der Waals surface area contributed by atoms with Crippen LogP contribution in [0.1, 0.15) is 47.4 Å². The van der Waals surface area contributed by atoms with Gasteiger partial charge in [0, 0.05) is 12.6 Å². The van der Waals surface area contributed by atoms with Gasteiger partial charge in [-0.3, -0.25) is 9.59 Å². The number of carbonyl (C=O) groups excluding carboxylic acids is 2. The highest BCUT2D eigenvalue weighted by Gasteiger charge is 2.45. The molecular weight excluding hydrogens is 512 g/mol. The van der Waals surface area contributed by atoms with Gasteiger partial charge in [0.1, 0.15) is 6.04 Å². The zero-order valence-electron chi connectivity index (χ0n) is 23.0. The summed E-state index contributed by atoms with van der Waals surface area (Å²) in [6, 6.07) is 36.5. The average Bonchev–Trinajstić information content (AvgIpc) is 3.02. The Morgan fingerprint density at radius 2 is 0.951 bits per heavy atom. The predicted molar refractivity (Wildman–Crippen MR) is 158 cm³/mol. The molecule has 2 atom stereocenters. The van der Waals surface area contributed by atoms with Crippen LogP contribution in [0.3, 0.4) is 0 Å². The van der Waals surface area contributed by atoms with Crippen LogP contribution in [-0.4, -0.2) is 57.9 Å². The molecule has 2 amide bonds.